The largest absolute Gasteiger partial charge is 0.399 e. The van der Waals surface area contributed by atoms with Crippen molar-refractivity contribution in [2.24, 2.45) is 10.2 Å². The Labute approximate surface area is 130 Å². The molecular formula is C15H12ClN5O. The van der Waals surface area contributed by atoms with Crippen LogP contribution in [-0.4, -0.2) is 10.2 Å². The number of nitrogens with one attached hydrogen (secondary N) is 2. The summed E-state index contributed by atoms with van der Waals surface area (Å²) in [4.78, 5) is 11.9. The van der Waals surface area contributed by atoms with Crippen LogP contribution in [0.15, 0.2) is 63.6 Å². The van der Waals surface area contributed by atoms with Crippen molar-refractivity contribution in [3.8, 4) is 11.3 Å². The Morgan fingerprint density at radius 1 is 1.00 bits per heavy atom. The van der Waals surface area contributed by atoms with Gasteiger partial charge in [0.05, 0.1) is 11.4 Å². The van der Waals surface area contributed by atoms with E-state index in [2.05, 4.69) is 20.4 Å². The molecular weight excluding hydrogens is 302 g/mol. The topological polar surface area (TPSA) is 99.4 Å². The summed E-state index contributed by atoms with van der Waals surface area (Å²) in [7, 11) is 0. The Morgan fingerprint density at radius 3 is 2.59 bits per heavy atom. The SMILES string of the molecule is Nc1cccc(-c2[nH][nH]c(=O)c2N=Nc2cccc(Cl)c2)c1. The van der Waals surface area contributed by atoms with Gasteiger partial charge in [0, 0.05) is 16.3 Å². The van der Waals surface area contributed by atoms with E-state index in [0.717, 1.165) is 5.56 Å². The number of halogens is 1. The van der Waals surface area contributed by atoms with E-state index in [0.29, 0.717) is 22.1 Å². The second-order valence-electron chi connectivity index (χ2n) is 4.61. The molecule has 0 aliphatic carbocycles. The lowest BCUT2D eigenvalue weighted by Gasteiger charge is -2.00. The molecule has 0 fully saturated rings. The molecule has 0 unspecified atom stereocenters. The molecule has 0 spiro atoms. The molecule has 0 saturated heterocycles. The standard InChI is InChI=1S/C15H12ClN5O/c16-10-4-2-6-12(8-10)18-20-14-13(19-21-15(14)22)9-3-1-5-11(17)7-9/h1-8H,17H2,(H2,19,21,22). The number of aromatic amines is 2. The van der Waals surface area contributed by atoms with Crippen molar-refractivity contribution < 1.29 is 0 Å². The maximum absolute atomic E-state index is 11.9. The summed E-state index contributed by atoms with van der Waals surface area (Å²) in [5.41, 5.74) is 8.03. The Kier molecular flexibility index (Phi) is 3.76. The second kappa shape index (κ2) is 5.87. The van der Waals surface area contributed by atoms with Crippen LogP contribution in [0.2, 0.25) is 5.02 Å². The van der Waals surface area contributed by atoms with Crippen LogP contribution < -0.4 is 11.3 Å². The summed E-state index contributed by atoms with van der Waals surface area (Å²) in [5, 5.41) is 13.9. The van der Waals surface area contributed by atoms with E-state index >= 15 is 0 Å². The molecule has 3 aromatic rings. The first kappa shape index (κ1) is 14.1. The fraction of sp³-hybridized carbons (Fsp3) is 0. The third kappa shape index (κ3) is 2.91. The first-order chi connectivity index (χ1) is 10.6. The van der Waals surface area contributed by atoms with Gasteiger partial charge in [0.25, 0.3) is 5.56 Å². The molecule has 0 bridgehead atoms. The Bertz CT molecular complexity index is 897. The van der Waals surface area contributed by atoms with Crippen molar-refractivity contribution in [2.45, 2.75) is 0 Å². The molecule has 0 aliphatic heterocycles. The minimum atomic E-state index is -0.358. The van der Waals surface area contributed by atoms with Gasteiger partial charge in [-0.15, -0.1) is 5.11 Å². The lowest BCUT2D eigenvalue weighted by Crippen LogP contribution is -1.96. The van der Waals surface area contributed by atoms with Crippen LogP contribution in [0, 0.1) is 0 Å². The molecule has 1 heterocycles. The second-order valence-corrected chi connectivity index (χ2v) is 5.04. The van der Waals surface area contributed by atoms with Crippen molar-refractivity contribution >= 4 is 28.7 Å². The number of rotatable bonds is 3. The smallest absolute Gasteiger partial charge is 0.292 e. The van der Waals surface area contributed by atoms with Crippen molar-refractivity contribution in [3.05, 3.63) is 63.9 Å². The number of hydrogen-bond acceptors (Lipinski definition) is 4. The van der Waals surface area contributed by atoms with Gasteiger partial charge in [-0.3, -0.25) is 15.0 Å². The van der Waals surface area contributed by atoms with E-state index in [1.807, 2.05) is 6.07 Å². The molecule has 4 N–H and O–H groups in total. The van der Waals surface area contributed by atoms with E-state index < -0.39 is 0 Å². The maximum Gasteiger partial charge on any atom is 0.292 e. The molecule has 0 amide bonds. The quantitative estimate of drug-likeness (QED) is 0.502. The third-order valence-electron chi connectivity index (χ3n) is 3.00. The van der Waals surface area contributed by atoms with Gasteiger partial charge >= 0.3 is 0 Å². The van der Waals surface area contributed by atoms with Gasteiger partial charge in [-0.25, -0.2) is 0 Å². The predicted molar refractivity (Wildman–Crippen MR) is 86.9 cm³/mol. The molecule has 6 nitrogen and oxygen atoms in total. The number of H-pyrrole nitrogens is 2. The number of nitrogens with zero attached hydrogens (tertiary/aromatic N) is 2. The van der Waals surface area contributed by atoms with E-state index in [-0.39, 0.29) is 11.2 Å². The number of hydrogen-bond donors (Lipinski definition) is 3. The number of anilines is 1. The predicted octanol–water partition coefficient (Wildman–Crippen LogP) is 4.02. The maximum atomic E-state index is 11.9. The average molecular weight is 314 g/mol. The molecule has 110 valence electrons. The molecule has 0 saturated carbocycles. The Hall–Kier alpha value is -2.86. The van der Waals surface area contributed by atoms with Crippen LogP contribution in [0.25, 0.3) is 11.3 Å². The van der Waals surface area contributed by atoms with E-state index in [1.54, 1.807) is 42.5 Å². The molecule has 3 rings (SSSR count). The molecule has 0 atom stereocenters. The number of nitrogen functional groups attached to an aromatic ring is 1. The van der Waals surface area contributed by atoms with E-state index in [1.165, 1.54) is 0 Å². The molecule has 0 aliphatic rings. The molecule has 7 heteroatoms. The normalized spacial score (nSPS) is 11.1. The monoisotopic (exact) mass is 313 g/mol. The zero-order valence-corrected chi connectivity index (χ0v) is 12.1. The summed E-state index contributed by atoms with van der Waals surface area (Å²) in [6.45, 7) is 0. The molecule has 1 aromatic heterocycles. The van der Waals surface area contributed by atoms with Crippen LogP contribution in [0.1, 0.15) is 0 Å². The van der Waals surface area contributed by atoms with Crippen LogP contribution in [-0.2, 0) is 0 Å². The van der Waals surface area contributed by atoms with Gasteiger partial charge in [-0.05, 0) is 30.3 Å². The van der Waals surface area contributed by atoms with Gasteiger partial charge < -0.3 is 5.73 Å². The lowest BCUT2D eigenvalue weighted by atomic mass is 10.1. The van der Waals surface area contributed by atoms with Crippen molar-refractivity contribution in [3.63, 3.8) is 0 Å². The molecule has 2 aromatic carbocycles. The number of azo groups is 1. The van der Waals surface area contributed by atoms with Gasteiger partial charge in [0.15, 0.2) is 5.69 Å². The first-order valence-electron chi connectivity index (χ1n) is 6.47. The number of benzene rings is 2. The average Bonchev–Trinajstić information content (AvgIpc) is 2.86. The zero-order chi connectivity index (χ0) is 15.5. The third-order valence-corrected chi connectivity index (χ3v) is 3.24. The Morgan fingerprint density at radius 2 is 1.82 bits per heavy atom. The summed E-state index contributed by atoms with van der Waals surface area (Å²) in [6, 6.07) is 14.0. The minimum Gasteiger partial charge on any atom is -0.399 e. The summed E-state index contributed by atoms with van der Waals surface area (Å²) in [6.07, 6.45) is 0. The fourth-order valence-electron chi connectivity index (χ4n) is 2.00. The summed E-state index contributed by atoms with van der Waals surface area (Å²) in [5.74, 6) is 0. The highest BCUT2D eigenvalue weighted by molar-refractivity contribution is 6.30. The van der Waals surface area contributed by atoms with Crippen LogP contribution in [0.5, 0.6) is 0 Å². The first-order valence-corrected chi connectivity index (χ1v) is 6.85. The fourth-order valence-corrected chi connectivity index (χ4v) is 2.18. The van der Waals surface area contributed by atoms with Gasteiger partial charge in [-0.1, -0.05) is 29.8 Å². The van der Waals surface area contributed by atoms with Crippen molar-refractivity contribution in [1.82, 2.24) is 10.2 Å². The number of aromatic nitrogens is 2. The summed E-state index contributed by atoms with van der Waals surface area (Å²) < 4.78 is 0. The van der Waals surface area contributed by atoms with Crippen molar-refractivity contribution in [2.75, 3.05) is 5.73 Å². The van der Waals surface area contributed by atoms with Crippen LogP contribution in [0.4, 0.5) is 17.1 Å². The highest BCUT2D eigenvalue weighted by Crippen LogP contribution is 2.28. The van der Waals surface area contributed by atoms with Gasteiger partial charge in [0.2, 0.25) is 0 Å². The van der Waals surface area contributed by atoms with Crippen LogP contribution in [0.3, 0.4) is 0 Å². The van der Waals surface area contributed by atoms with Crippen molar-refractivity contribution in [1.29, 1.82) is 0 Å². The van der Waals surface area contributed by atoms with Gasteiger partial charge in [-0.2, -0.15) is 5.11 Å². The summed E-state index contributed by atoms with van der Waals surface area (Å²) >= 11 is 5.89. The van der Waals surface area contributed by atoms with E-state index in [4.69, 9.17) is 17.3 Å². The highest BCUT2D eigenvalue weighted by Gasteiger charge is 2.11. The van der Waals surface area contributed by atoms with Gasteiger partial charge in [0.1, 0.15) is 0 Å². The van der Waals surface area contributed by atoms with Crippen LogP contribution >= 0.6 is 11.6 Å². The van der Waals surface area contributed by atoms with E-state index in [9.17, 15) is 4.79 Å². The zero-order valence-electron chi connectivity index (χ0n) is 11.4. The minimum absolute atomic E-state index is 0.186. The lowest BCUT2D eigenvalue weighted by molar-refractivity contribution is 1.06. The Balaban J connectivity index is 2.01. The molecule has 0 radical (unpaired) electrons. The highest BCUT2D eigenvalue weighted by atomic mass is 35.5. The number of nitrogens with two attached hydrogens (primary N) is 1. The molecule has 22 heavy (non-hydrogen) atoms.